The van der Waals surface area contributed by atoms with Crippen molar-refractivity contribution in [1.29, 1.82) is 0 Å². The predicted molar refractivity (Wildman–Crippen MR) is 195 cm³/mol. The third kappa shape index (κ3) is 10.6. The van der Waals surface area contributed by atoms with Crippen LogP contribution in [0.1, 0.15) is 104 Å². The maximum Gasteiger partial charge on any atom is 0.330 e. The molecule has 1 aliphatic rings. The Balaban J connectivity index is 0.923. The molecule has 5 rings (SSSR count). The molecule has 12 heteroatoms. The van der Waals surface area contributed by atoms with Gasteiger partial charge in [-0.15, -0.1) is 5.10 Å². The second kappa shape index (κ2) is 19.1. The molecule has 1 aliphatic heterocycles. The molecule has 3 aromatic heterocycles. The number of nitrogens with zero attached hydrogens (tertiary/aromatic N) is 4. The topological polar surface area (TPSA) is 156 Å². The summed E-state index contributed by atoms with van der Waals surface area (Å²) >= 11 is 0. The van der Waals surface area contributed by atoms with Crippen molar-refractivity contribution in [2.45, 2.75) is 103 Å². The van der Waals surface area contributed by atoms with Gasteiger partial charge in [-0.05, 0) is 57.4 Å². The number of carbonyl (C=O) groups excluding carboxylic acids is 1. The smallest absolute Gasteiger partial charge is 0.330 e. The zero-order valence-electron chi connectivity index (χ0n) is 29.1. The number of aliphatic hydroxyl groups is 1. The average Bonchev–Trinajstić information content (AvgIpc) is 3.73. The van der Waals surface area contributed by atoms with E-state index >= 15 is 0 Å². The van der Waals surface area contributed by atoms with E-state index in [0.717, 1.165) is 112 Å². The van der Waals surface area contributed by atoms with Crippen LogP contribution in [0.5, 0.6) is 0 Å². The second-order valence-electron chi connectivity index (χ2n) is 13.0. The number of imidazole rings is 1. The van der Waals surface area contributed by atoms with E-state index in [9.17, 15) is 19.5 Å². The van der Waals surface area contributed by atoms with Crippen LogP contribution in [0.4, 0.5) is 5.82 Å². The molecule has 0 aliphatic carbocycles. The zero-order chi connectivity index (χ0) is 35.1. The van der Waals surface area contributed by atoms with Gasteiger partial charge < -0.3 is 20.5 Å². The normalized spacial score (nSPS) is 15.6. The molecule has 0 amide bonds. The first-order valence-corrected chi connectivity index (χ1v) is 18.1. The summed E-state index contributed by atoms with van der Waals surface area (Å²) in [5.74, 6) is 2.07. The highest BCUT2D eigenvalue weighted by atomic mass is 16.5. The van der Waals surface area contributed by atoms with Crippen LogP contribution in [0, 0.1) is 6.92 Å². The number of benzene rings is 1. The molecular formula is C38H51N7O5. The van der Waals surface area contributed by atoms with Gasteiger partial charge in [-0.25, -0.2) is 14.3 Å². The molecular weight excluding hydrogens is 634 g/mol. The van der Waals surface area contributed by atoms with Gasteiger partial charge in [0.05, 0.1) is 17.8 Å². The van der Waals surface area contributed by atoms with E-state index in [1.807, 2.05) is 47.8 Å². The summed E-state index contributed by atoms with van der Waals surface area (Å²) in [7, 11) is 0. The third-order valence-corrected chi connectivity index (χ3v) is 9.10. The molecule has 1 aromatic carbocycles. The molecule has 50 heavy (non-hydrogen) atoms. The van der Waals surface area contributed by atoms with E-state index in [0.29, 0.717) is 18.5 Å². The fraction of sp³-hybridized carbons (Fsp3) is 0.500. The molecule has 0 bridgehead atoms. The highest BCUT2D eigenvalue weighted by molar-refractivity contribution is 5.95. The molecule has 0 unspecified atom stereocenters. The van der Waals surface area contributed by atoms with E-state index in [1.54, 1.807) is 12.2 Å². The first-order valence-electron chi connectivity index (χ1n) is 18.1. The summed E-state index contributed by atoms with van der Waals surface area (Å²) < 4.78 is 8.92. The number of Topliss-reactive ketones (excluding diaryl/α,β-unsaturated/α-hetero) is 1. The summed E-state index contributed by atoms with van der Waals surface area (Å²) in [5.41, 5.74) is 2.36. The molecule has 2 atom stereocenters. The van der Waals surface area contributed by atoms with Crippen molar-refractivity contribution in [3.8, 4) is 0 Å². The summed E-state index contributed by atoms with van der Waals surface area (Å²) in [4.78, 5) is 44.0. The first-order chi connectivity index (χ1) is 24.4. The lowest BCUT2D eigenvalue weighted by atomic mass is 10.0. The number of H-pyrrole nitrogens is 1. The fourth-order valence-corrected chi connectivity index (χ4v) is 6.25. The van der Waals surface area contributed by atoms with Gasteiger partial charge in [-0.2, -0.15) is 0 Å². The van der Waals surface area contributed by atoms with Gasteiger partial charge in [0.15, 0.2) is 12.0 Å². The number of nitrogens with one attached hydrogen (secondary N) is 3. The Morgan fingerprint density at radius 3 is 2.44 bits per heavy atom. The second-order valence-corrected chi connectivity index (χ2v) is 13.0. The Kier molecular flexibility index (Phi) is 14.1. The molecule has 4 heterocycles. The Morgan fingerprint density at radius 1 is 0.920 bits per heavy atom. The van der Waals surface area contributed by atoms with Crippen LogP contribution >= 0.6 is 0 Å². The highest BCUT2D eigenvalue weighted by Gasteiger charge is 2.21. The van der Waals surface area contributed by atoms with Crippen LogP contribution in [0.2, 0.25) is 0 Å². The minimum absolute atomic E-state index is 0.164. The molecule has 0 saturated carbocycles. The van der Waals surface area contributed by atoms with Crippen LogP contribution in [0.3, 0.4) is 0 Å². The SMILES string of the molecule is Cc1nc(CCCCCCC(=O)c2ccccc2)n2nc(NCCCCCCCCNCc3cn([C@H]4C=C[C@@H](CO)O4)c(=O)[nH]c3=O)ccc12. The van der Waals surface area contributed by atoms with E-state index in [-0.39, 0.29) is 12.4 Å². The van der Waals surface area contributed by atoms with Gasteiger partial charge in [0, 0.05) is 43.3 Å². The molecule has 0 spiro atoms. The van der Waals surface area contributed by atoms with Crippen LogP contribution in [-0.2, 0) is 17.7 Å². The zero-order valence-corrected chi connectivity index (χ0v) is 29.1. The van der Waals surface area contributed by atoms with Crippen molar-refractivity contribution in [3.05, 3.63) is 104 Å². The number of rotatable bonds is 22. The van der Waals surface area contributed by atoms with Gasteiger partial charge in [0.2, 0.25) is 0 Å². The van der Waals surface area contributed by atoms with Crippen LogP contribution in [-0.4, -0.2) is 60.8 Å². The van der Waals surface area contributed by atoms with E-state index < -0.39 is 23.6 Å². The fourth-order valence-electron chi connectivity index (χ4n) is 6.25. The van der Waals surface area contributed by atoms with Crippen molar-refractivity contribution >= 4 is 17.1 Å². The number of fused-ring (bicyclic) bond motifs is 1. The summed E-state index contributed by atoms with van der Waals surface area (Å²) in [6.45, 7) is 3.88. The van der Waals surface area contributed by atoms with Gasteiger partial charge >= 0.3 is 5.69 Å². The van der Waals surface area contributed by atoms with Crippen LogP contribution in [0.15, 0.2) is 70.4 Å². The van der Waals surface area contributed by atoms with Crippen LogP contribution < -0.4 is 21.9 Å². The van der Waals surface area contributed by atoms with Gasteiger partial charge in [0.1, 0.15) is 17.7 Å². The summed E-state index contributed by atoms with van der Waals surface area (Å²) in [6, 6.07) is 13.6. The molecule has 4 aromatic rings. The van der Waals surface area contributed by atoms with Gasteiger partial charge in [0.25, 0.3) is 5.56 Å². The van der Waals surface area contributed by atoms with Gasteiger partial charge in [-0.3, -0.25) is 19.1 Å². The quantitative estimate of drug-likeness (QED) is 0.0493. The number of aromatic nitrogens is 5. The number of hydrogen-bond acceptors (Lipinski definition) is 9. The maximum absolute atomic E-state index is 12.3. The van der Waals surface area contributed by atoms with Crippen molar-refractivity contribution < 1.29 is 14.6 Å². The molecule has 0 saturated heterocycles. The lowest BCUT2D eigenvalue weighted by molar-refractivity contribution is -0.0104. The van der Waals surface area contributed by atoms with Crippen molar-refractivity contribution in [2.24, 2.45) is 0 Å². The number of carbonyl (C=O) groups is 1. The maximum atomic E-state index is 12.3. The Labute approximate surface area is 293 Å². The lowest BCUT2D eigenvalue weighted by Crippen LogP contribution is -2.35. The van der Waals surface area contributed by atoms with Crippen molar-refractivity contribution in [2.75, 3.05) is 25.0 Å². The molecule has 268 valence electrons. The van der Waals surface area contributed by atoms with E-state index in [4.69, 9.17) is 14.8 Å². The number of ether oxygens (including phenoxy) is 1. The number of aromatic amines is 1. The Bertz CT molecular complexity index is 1810. The molecule has 0 fully saturated rings. The number of aryl methyl sites for hydroxylation is 2. The van der Waals surface area contributed by atoms with Crippen molar-refractivity contribution in [3.63, 3.8) is 0 Å². The number of unbranched alkanes of at least 4 members (excludes halogenated alkanes) is 8. The number of anilines is 1. The summed E-state index contributed by atoms with van der Waals surface area (Å²) in [5, 5.41) is 20.9. The molecule has 4 N–H and O–H groups in total. The monoisotopic (exact) mass is 685 g/mol. The molecule has 0 radical (unpaired) electrons. The lowest BCUT2D eigenvalue weighted by Gasteiger charge is -2.15. The highest BCUT2D eigenvalue weighted by Crippen LogP contribution is 2.19. The minimum atomic E-state index is -0.638. The van der Waals surface area contributed by atoms with Gasteiger partial charge in [-0.1, -0.05) is 74.9 Å². The van der Waals surface area contributed by atoms with Crippen LogP contribution in [0.25, 0.3) is 5.52 Å². The molecule has 12 nitrogen and oxygen atoms in total. The number of hydrogen-bond donors (Lipinski definition) is 4. The largest absolute Gasteiger partial charge is 0.393 e. The standard InChI is InChI=1S/C38H51N7O5/c1-28-32-20-21-34(43-45(32)35(41-28)18-12-5-4-11-17-33(47)29-15-9-8-10-16-29)40-24-14-7-3-2-6-13-23-39-25-30-26-44(38(49)42-37(30)48)36-22-19-31(27-46)50-36/h8-10,15-16,19-22,26,31,36,39,46H,2-7,11-14,17-18,23-25,27H2,1H3,(H,40,43)(H,42,48,49)/t31-,36+/m0/s1. The average molecular weight is 686 g/mol. The van der Waals surface area contributed by atoms with Crippen molar-refractivity contribution in [1.82, 2.24) is 29.5 Å². The minimum Gasteiger partial charge on any atom is -0.393 e. The van der Waals surface area contributed by atoms with E-state index in [1.165, 1.54) is 10.8 Å². The van der Waals surface area contributed by atoms with E-state index in [2.05, 4.69) is 21.7 Å². The number of ketones is 1. The Hall–Kier alpha value is -4.39. The first kappa shape index (κ1) is 36.9. The Morgan fingerprint density at radius 2 is 1.66 bits per heavy atom. The predicted octanol–water partition coefficient (Wildman–Crippen LogP) is 5.25. The summed E-state index contributed by atoms with van der Waals surface area (Å²) in [6.07, 6.45) is 16.0. The number of aliphatic hydroxyl groups excluding tert-OH is 1. The third-order valence-electron chi connectivity index (χ3n) is 9.10.